The molecule has 1 saturated heterocycles. The Kier molecular flexibility index (Phi) is 3.35. The van der Waals surface area contributed by atoms with E-state index >= 15 is 0 Å². The van der Waals surface area contributed by atoms with Crippen molar-refractivity contribution < 1.29 is 4.79 Å². The molecule has 0 aromatic carbocycles. The van der Waals surface area contributed by atoms with Crippen LogP contribution in [0, 0.1) is 6.92 Å². The van der Waals surface area contributed by atoms with E-state index in [1.165, 1.54) is 11.3 Å². The normalized spacial score (nSPS) is 18.4. The maximum absolute atomic E-state index is 11.2. The summed E-state index contributed by atoms with van der Waals surface area (Å²) in [5.41, 5.74) is 6.23. The molecule has 0 saturated carbocycles. The van der Waals surface area contributed by atoms with Gasteiger partial charge in [0.05, 0.1) is 12.2 Å². The molecule has 20 heavy (non-hydrogen) atoms. The van der Waals surface area contributed by atoms with Gasteiger partial charge in [0, 0.05) is 18.3 Å². The largest absolute Gasteiger partial charge is 0.365 e. The lowest BCUT2D eigenvalue weighted by molar-refractivity contribution is 0.100. The standard InChI is InChI=1S/C13H15N5OS/c1-8-5-11(17-7-16-8)18-4-2-3-9(18)13-15-6-10(20-13)12(14)19/h5-7,9H,2-4H2,1H3,(H2,14,19). The van der Waals surface area contributed by atoms with E-state index in [9.17, 15) is 4.79 Å². The number of amides is 1. The van der Waals surface area contributed by atoms with Crippen molar-refractivity contribution in [3.8, 4) is 0 Å². The summed E-state index contributed by atoms with van der Waals surface area (Å²) in [5.74, 6) is 0.493. The van der Waals surface area contributed by atoms with Gasteiger partial charge in [-0.2, -0.15) is 0 Å². The van der Waals surface area contributed by atoms with Gasteiger partial charge in [-0.1, -0.05) is 0 Å². The molecule has 3 rings (SSSR count). The number of primary amides is 1. The van der Waals surface area contributed by atoms with Crippen LogP contribution >= 0.6 is 11.3 Å². The van der Waals surface area contributed by atoms with Gasteiger partial charge in [0.15, 0.2) is 0 Å². The fraction of sp³-hybridized carbons (Fsp3) is 0.385. The van der Waals surface area contributed by atoms with E-state index < -0.39 is 5.91 Å². The van der Waals surface area contributed by atoms with Gasteiger partial charge in [0.2, 0.25) is 0 Å². The van der Waals surface area contributed by atoms with E-state index in [1.54, 1.807) is 12.5 Å². The van der Waals surface area contributed by atoms with E-state index in [0.717, 1.165) is 35.9 Å². The summed E-state index contributed by atoms with van der Waals surface area (Å²) in [6, 6.07) is 2.14. The fourth-order valence-electron chi connectivity index (χ4n) is 2.45. The number of nitrogens with two attached hydrogens (primary N) is 1. The molecule has 7 heteroatoms. The molecule has 104 valence electrons. The monoisotopic (exact) mass is 289 g/mol. The molecular weight excluding hydrogens is 274 g/mol. The number of carbonyl (C=O) groups excluding carboxylic acids is 1. The number of anilines is 1. The van der Waals surface area contributed by atoms with Crippen LogP contribution in [0.15, 0.2) is 18.6 Å². The van der Waals surface area contributed by atoms with Crippen LogP contribution in [0.5, 0.6) is 0 Å². The Morgan fingerprint density at radius 1 is 1.45 bits per heavy atom. The lowest BCUT2D eigenvalue weighted by Gasteiger charge is -2.24. The summed E-state index contributed by atoms with van der Waals surface area (Å²) < 4.78 is 0. The van der Waals surface area contributed by atoms with Crippen LogP contribution in [0.2, 0.25) is 0 Å². The third-order valence-electron chi connectivity index (χ3n) is 3.39. The van der Waals surface area contributed by atoms with E-state index in [4.69, 9.17) is 5.73 Å². The number of thiazole rings is 1. The first kappa shape index (κ1) is 13.0. The Balaban J connectivity index is 1.90. The maximum Gasteiger partial charge on any atom is 0.260 e. The molecule has 6 nitrogen and oxygen atoms in total. The smallest absolute Gasteiger partial charge is 0.260 e. The molecule has 1 aliphatic rings. The fourth-order valence-corrected chi connectivity index (χ4v) is 3.37. The van der Waals surface area contributed by atoms with Gasteiger partial charge in [-0.3, -0.25) is 4.79 Å². The quantitative estimate of drug-likeness (QED) is 0.929. The third-order valence-corrected chi connectivity index (χ3v) is 4.50. The highest BCUT2D eigenvalue weighted by atomic mass is 32.1. The highest BCUT2D eigenvalue weighted by molar-refractivity contribution is 7.13. The van der Waals surface area contributed by atoms with Crippen molar-refractivity contribution in [3.63, 3.8) is 0 Å². The van der Waals surface area contributed by atoms with Gasteiger partial charge in [-0.25, -0.2) is 15.0 Å². The van der Waals surface area contributed by atoms with Crippen LogP contribution in [-0.4, -0.2) is 27.4 Å². The first-order valence-corrected chi connectivity index (χ1v) is 7.27. The minimum Gasteiger partial charge on any atom is -0.365 e. The predicted octanol–water partition coefficient (Wildman–Crippen LogP) is 1.68. The summed E-state index contributed by atoms with van der Waals surface area (Å²) >= 11 is 1.37. The second kappa shape index (κ2) is 5.16. The highest BCUT2D eigenvalue weighted by Gasteiger charge is 2.29. The number of rotatable bonds is 3. The average Bonchev–Trinajstić information content (AvgIpc) is 3.07. The Bertz CT molecular complexity index is 641. The maximum atomic E-state index is 11.2. The van der Waals surface area contributed by atoms with Gasteiger partial charge in [-0.05, 0) is 19.8 Å². The molecule has 1 atom stereocenters. The van der Waals surface area contributed by atoms with Gasteiger partial charge in [0.1, 0.15) is 22.0 Å². The predicted molar refractivity (Wildman–Crippen MR) is 76.7 cm³/mol. The van der Waals surface area contributed by atoms with Crippen LogP contribution < -0.4 is 10.6 Å². The average molecular weight is 289 g/mol. The Morgan fingerprint density at radius 2 is 2.30 bits per heavy atom. The first-order chi connectivity index (χ1) is 9.65. The molecule has 2 aromatic heterocycles. The van der Waals surface area contributed by atoms with Crippen molar-refractivity contribution in [1.82, 2.24) is 15.0 Å². The van der Waals surface area contributed by atoms with Crippen molar-refractivity contribution in [3.05, 3.63) is 34.2 Å². The molecule has 2 N–H and O–H groups in total. The lowest BCUT2D eigenvalue weighted by Crippen LogP contribution is -2.23. The minimum absolute atomic E-state index is 0.169. The summed E-state index contributed by atoms with van der Waals surface area (Å²) in [6.07, 6.45) is 5.23. The molecule has 0 radical (unpaired) electrons. The van der Waals surface area contributed by atoms with Gasteiger partial charge >= 0.3 is 0 Å². The van der Waals surface area contributed by atoms with Crippen molar-refractivity contribution >= 4 is 23.1 Å². The molecule has 1 fully saturated rings. The zero-order chi connectivity index (χ0) is 14.1. The number of aryl methyl sites for hydroxylation is 1. The van der Waals surface area contributed by atoms with E-state index in [1.807, 2.05) is 13.0 Å². The number of hydrogen-bond acceptors (Lipinski definition) is 6. The number of hydrogen-bond donors (Lipinski definition) is 1. The molecule has 2 aromatic rings. The number of aromatic nitrogens is 3. The SMILES string of the molecule is Cc1cc(N2CCCC2c2ncc(C(N)=O)s2)ncn1. The highest BCUT2D eigenvalue weighted by Crippen LogP contribution is 2.36. The van der Waals surface area contributed by atoms with Gasteiger partial charge in [-0.15, -0.1) is 11.3 Å². The molecule has 0 spiro atoms. The van der Waals surface area contributed by atoms with Crippen LogP contribution in [0.3, 0.4) is 0 Å². The molecule has 1 unspecified atom stereocenters. The van der Waals surface area contributed by atoms with Crippen molar-refractivity contribution in [2.24, 2.45) is 5.73 Å². The lowest BCUT2D eigenvalue weighted by atomic mass is 10.2. The van der Waals surface area contributed by atoms with E-state index in [2.05, 4.69) is 19.9 Å². The van der Waals surface area contributed by atoms with E-state index in [0.29, 0.717) is 4.88 Å². The summed E-state index contributed by atoms with van der Waals surface area (Å²) in [6.45, 7) is 2.89. The number of nitrogens with zero attached hydrogens (tertiary/aromatic N) is 4. The van der Waals surface area contributed by atoms with Crippen LogP contribution in [0.4, 0.5) is 5.82 Å². The van der Waals surface area contributed by atoms with Crippen molar-refractivity contribution in [2.75, 3.05) is 11.4 Å². The molecule has 3 heterocycles. The Hall–Kier alpha value is -2.02. The summed E-state index contributed by atoms with van der Waals surface area (Å²) in [5, 5.41) is 0.924. The molecule has 0 bridgehead atoms. The van der Waals surface area contributed by atoms with Crippen LogP contribution in [0.25, 0.3) is 0 Å². The molecule has 0 aliphatic carbocycles. The summed E-state index contributed by atoms with van der Waals surface area (Å²) in [7, 11) is 0. The Labute approximate surface area is 120 Å². The van der Waals surface area contributed by atoms with Gasteiger partial charge < -0.3 is 10.6 Å². The topological polar surface area (TPSA) is 85.0 Å². The van der Waals surface area contributed by atoms with Crippen molar-refractivity contribution in [2.45, 2.75) is 25.8 Å². The second-order valence-electron chi connectivity index (χ2n) is 4.80. The molecular formula is C13H15N5OS. The second-order valence-corrected chi connectivity index (χ2v) is 5.86. The molecule has 1 aliphatic heterocycles. The first-order valence-electron chi connectivity index (χ1n) is 6.46. The molecule has 1 amide bonds. The zero-order valence-electron chi connectivity index (χ0n) is 11.1. The zero-order valence-corrected chi connectivity index (χ0v) is 11.9. The summed E-state index contributed by atoms with van der Waals surface area (Å²) in [4.78, 5) is 26.7. The van der Waals surface area contributed by atoms with Crippen LogP contribution in [-0.2, 0) is 0 Å². The Morgan fingerprint density at radius 3 is 3.00 bits per heavy atom. The van der Waals surface area contributed by atoms with Crippen LogP contribution in [0.1, 0.15) is 39.3 Å². The number of carbonyl (C=O) groups is 1. The van der Waals surface area contributed by atoms with Crippen molar-refractivity contribution in [1.29, 1.82) is 0 Å². The minimum atomic E-state index is -0.420. The van der Waals surface area contributed by atoms with Gasteiger partial charge in [0.25, 0.3) is 5.91 Å². The third kappa shape index (κ3) is 2.36. The van der Waals surface area contributed by atoms with E-state index in [-0.39, 0.29) is 6.04 Å².